The third-order valence-electron chi connectivity index (χ3n) is 3.48. The maximum absolute atomic E-state index is 11.9. The van der Waals surface area contributed by atoms with E-state index >= 15 is 0 Å². The Morgan fingerprint density at radius 1 is 1.33 bits per heavy atom. The number of rotatable bonds is 8. The minimum absolute atomic E-state index is 0.108. The highest BCUT2D eigenvalue weighted by atomic mass is 16.5. The number of carbonyl (C=O) groups excluding carboxylic acids is 2. The number of ether oxygens (including phenoxy) is 1. The highest BCUT2D eigenvalue weighted by molar-refractivity contribution is 5.91. The van der Waals surface area contributed by atoms with Crippen LogP contribution in [-0.2, 0) is 11.2 Å². The van der Waals surface area contributed by atoms with Crippen molar-refractivity contribution >= 4 is 11.8 Å². The fraction of sp³-hybridized carbons (Fsp3) is 0.353. The van der Waals surface area contributed by atoms with Crippen molar-refractivity contribution in [3.8, 4) is 5.75 Å². The van der Waals surface area contributed by atoms with E-state index in [0.29, 0.717) is 18.7 Å². The summed E-state index contributed by atoms with van der Waals surface area (Å²) in [6.07, 6.45) is 0.428. The molecule has 3 N–H and O–H groups in total. The summed E-state index contributed by atoms with van der Waals surface area (Å²) in [5, 5.41) is 6.30. The number of nitrogens with two attached hydrogens (primary N) is 1. The molecule has 0 spiro atoms. The number of carbonyl (C=O) groups is 2. The van der Waals surface area contributed by atoms with E-state index in [1.54, 1.807) is 6.92 Å². The number of hydrogen-bond acceptors (Lipinski definition) is 5. The number of aryl methyl sites for hydroxylation is 1. The Balaban J connectivity index is 1.94. The average molecular weight is 331 g/mol. The average Bonchev–Trinajstić information content (AvgIpc) is 2.99. The SMILES string of the molecule is CCOc1ccc(CC(CNC(=O)c2cc(C)no2)C(N)=O)cc1. The number of aromatic nitrogens is 1. The Labute approximate surface area is 140 Å². The summed E-state index contributed by atoms with van der Waals surface area (Å²) < 4.78 is 10.3. The first-order valence-corrected chi connectivity index (χ1v) is 7.72. The maximum Gasteiger partial charge on any atom is 0.289 e. The first kappa shape index (κ1) is 17.5. The molecule has 2 amide bonds. The molecule has 1 heterocycles. The molecule has 7 nitrogen and oxygen atoms in total. The minimum Gasteiger partial charge on any atom is -0.494 e. The molecule has 1 atom stereocenters. The van der Waals surface area contributed by atoms with Crippen LogP contribution >= 0.6 is 0 Å². The molecule has 0 saturated carbocycles. The van der Waals surface area contributed by atoms with Crippen LogP contribution in [0.1, 0.15) is 28.7 Å². The minimum atomic E-state index is -0.518. The highest BCUT2D eigenvalue weighted by Gasteiger charge is 2.19. The van der Waals surface area contributed by atoms with Gasteiger partial charge in [-0.3, -0.25) is 9.59 Å². The van der Waals surface area contributed by atoms with E-state index in [9.17, 15) is 9.59 Å². The number of nitrogens with one attached hydrogen (secondary N) is 1. The first-order chi connectivity index (χ1) is 11.5. The number of benzene rings is 1. The molecule has 0 saturated heterocycles. The van der Waals surface area contributed by atoms with Gasteiger partial charge in [0.1, 0.15) is 5.75 Å². The largest absolute Gasteiger partial charge is 0.494 e. The van der Waals surface area contributed by atoms with Gasteiger partial charge >= 0.3 is 0 Å². The Kier molecular flexibility index (Phi) is 5.95. The molecule has 2 aromatic rings. The zero-order valence-corrected chi connectivity index (χ0v) is 13.7. The number of amides is 2. The Morgan fingerprint density at radius 3 is 2.58 bits per heavy atom. The molecule has 0 aliphatic rings. The van der Waals surface area contributed by atoms with Gasteiger partial charge in [-0.1, -0.05) is 17.3 Å². The van der Waals surface area contributed by atoms with Crippen LogP contribution in [0.4, 0.5) is 0 Å². The number of primary amides is 1. The van der Waals surface area contributed by atoms with Gasteiger partial charge in [-0.25, -0.2) is 0 Å². The third kappa shape index (κ3) is 4.84. The van der Waals surface area contributed by atoms with E-state index in [2.05, 4.69) is 10.5 Å². The lowest BCUT2D eigenvalue weighted by Crippen LogP contribution is -2.37. The molecule has 0 aliphatic heterocycles. The van der Waals surface area contributed by atoms with Crippen molar-refractivity contribution in [2.75, 3.05) is 13.2 Å². The summed E-state index contributed by atoms with van der Waals surface area (Å²) in [4.78, 5) is 23.6. The van der Waals surface area contributed by atoms with E-state index in [1.165, 1.54) is 6.07 Å². The Hall–Kier alpha value is -2.83. The molecule has 128 valence electrons. The van der Waals surface area contributed by atoms with E-state index in [-0.39, 0.29) is 12.3 Å². The second-order valence-corrected chi connectivity index (χ2v) is 5.42. The summed E-state index contributed by atoms with van der Waals surface area (Å²) in [6.45, 7) is 4.35. The second-order valence-electron chi connectivity index (χ2n) is 5.42. The van der Waals surface area contributed by atoms with E-state index in [4.69, 9.17) is 15.0 Å². The van der Waals surface area contributed by atoms with Gasteiger partial charge in [-0.2, -0.15) is 0 Å². The first-order valence-electron chi connectivity index (χ1n) is 7.72. The normalized spacial score (nSPS) is 11.8. The van der Waals surface area contributed by atoms with Gasteiger partial charge in [0.15, 0.2) is 0 Å². The van der Waals surface area contributed by atoms with Gasteiger partial charge in [0.05, 0.1) is 18.2 Å². The van der Waals surface area contributed by atoms with Crippen LogP contribution in [0.15, 0.2) is 34.9 Å². The van der Waals surface area contributed by atoms with Crippen molar-refractivity contribution in [3.63, 3.8) is 0 Å². The van der Waals surface area contributed by atoms with Gasteiger partial charge in [-0.05, 0) is 38.0 Å². The van der Waals surface area contributed by atoms with Crippen LogP contribution in [-0.4, -0.2) is 30.1 Å². The summed E-state index contributed by atoms with van der Waals surface area (Å²) in [5.41, 5.74) is 6.99. The monoisotopic (exact) mass is 331 g/mol. The lowest BCUT2D eigenvalue weighted by molar-refractivity contribution is -0.121. The molecular formula is C17H21N3O4. The van der Waals surface area contributed by atoms with Crippen LogP contribution in [0.25, 0.3) is 0 Å². The van der Waals surface area contributed by atoms with Crippen LogP contribution in [0.2, 0.25) is 0 Å². The number of hydrogen-bond donors (Lipinski definition) is 2. The topological polar surface area (TPSA) is 107 Å². The molecule has 1 aromatic carbocycles. The quantitative estimate of drug-likeness (QED) is 0.761. The molecule has 0 aliphatic carbocycles. The van der Waals surface area contributed by atoms with E-state index in [0.717, 1.165) is 11.3 Å². The second kappa shape index (κ2) is 8.14. The zero-order valence-electron chi connectivity index (χ0n) is 13.7. The summed E-state index contributed by atoms with van der Waals surface area (Å²) in [7, 11) is 0. The van der Waals surface area contributed by atoms with Crippen LogP contribution in [0.5, 0.6) is 5.75 Å². The van der Waals surface area contributed by atoms with Crippen molar-refractivity contribution in [1.29, 1.82) is 0 Å². The van der Waals surface area contributed by atoms with Gasteiger partial charge in [0.2, 0.25) is 11.7 Å². The van der Waals surface area contributed by atoms with Crippen LogP contribution in [0.3, 0.4) is 0 Å². The third-order valence-corrected chi connectivity index (χ3v) is 3.48. The van der Waals surface area contributed by atoms with Gasteiger partial charge in [0.25, 0.3) is 5.91 Å². The summed E-state index contributed by atoms with van der Waals surface area (Å²) in [5.74, 6) is -0.537. The molecular weight excluding hydrogens is 310 g/mol. The predicted molar refractivity (Wildman–Crippen MR) is 87.6 cm³/mol. The van der Waals surface area contributed by atoms with Crippen LogP contribution < -0.4 is 15.8 Å². The van der Waals surface area contributed by atoms with E-state index in [1.807, 2.05) is 31.2 Å². The Bertz CT molecular complexity index is 694. The molecule has 7 heteroatoms. The maximum atomic E-state index is 11.9. The number of nitrogens with zero attached hydrogens (tertiary/aromatic N) is 1. The van der Waals surface area contributed by atoms with Crippen molar-refractivity contribution in [2.45, 2.75) is 20.3 Å². The van der Waals surface area contributed by atoms with Crippen molar-refractivity contribution in [3.05, 3.63) is 47.3 Å². The molecule has 0 bridgehead atoms. The fourth-order valence-electron chi connectivity index (χ4n) is 2.22. The predicted octanol–water partition coefficient (Wildman–Crippen LogP) is 1.46. The van der Waals surface area contributed by atoms with E-state index < -0.39 is 17.7 Å². The smallest absolute Gasteiger partial charge is 0.289 e. The van der Waals surface area contributed by atoms with Gasteiger partial charge in [0, 0.05) is 12.6 Å². The highest BCUT2D eigenvalue weighted by Crippen LogP contribution is 2.15. The van der Waals surface area contributed by atoms with Crippen molar-refractivity contribution in [1.82, 2.24) is 10.5 Å². The lowest BCUT2D eigenvalue weighted by Gasteiger charge is -2.14. The lowest BCUT2D eigenvalue weighted by atomic mass is 9.98. The van der Waals surface area contributed by atoms with Crippen molar-refractivity contribution < 1.29 is 18.8 Å². The van der Waals surface area contributed by atoms with Crippen molar-refractivity contribution in [2.24, 2.45) is 11.7 Å². The van der Waals surface area contributed by atoms with Gasteiger partial charge < -0.3 is 20.3 Å². The molecule has 1 unspecified atom stereocenters. The Morgan fingerprint density at radius 2 is 2.04 bits per heavy atom. The molecule has 1 aromatic heterocycles. The molecule has 0 fully saturated rings. The van der Waals surface area contributed by atoms with Crippen LogP contribution in [0, 0.1) is 12.8 Å². The fourth-order valence-corrected chi connectivity index (χ4v) is 2.22. The molecule has 0 radical (unpaired) electrons. The summed E-state index contributed by atoms with van der Waals surface area (Å²) in [6, 6.07) is 8.96. The summed E-state index contributed by atoms with van der Waals surface area (Å²) >= 11 is 0. The molecule has 2 rings (SSSR count). The standard InChI is InChI=1S/C17H21N3O4/c1-3-23-14-6-4-12(5-7-14)9-13(16(18)21)10-19-17(22)15-8-11(2)20-24-15/h4-8,13H,3,9-10H2,1-2H3,(H2,18,21)(H,19,22). The molecule has 24 heavy (non-hydrogen) atoms. The zero-order chi connectivity index (χ0) is 17.5. The van der Waals surface area contributed by atoms with Gasteiger partial charge in [-0.15, -0.1) is 0 Å².